The summed E-state index contributed by atoms with van der Waals surface area (Å²) in [5.74, 6) is 0.928. The molecule has 522 valence electrons. The molecule has 0 bridgehead atoms. The van der Waals surface area contributed by atoms with Gasteiger partial charge in [-0.15, -0.1) is 0 Å². The molecule has 0 saturated heterocycles. The molecule has 0 spiro atoms. The number of unbranched alkanes of at least 4 members (excludes halogenated alkanes) is 29. The van der Waals surface area contributed by atoms with Gasteiger partial charge in [0.05, 0.1) is 26.4 Å². The van der Waals surface area contributed by atoms with Crippen LogP contribution in [0.2, 0.25) is 0 Å². The molecule has 19 heteroatoms. The zero-order valence-electron chi connectivity index (χ0n) is 57.3. The average molecular weight is 1300 g/mol. The normalized spacial score (nSPS) is 15.2. The lowest BCUT2D eigenvalue weighted by atomic mass is 9.99. The molecule has 0 aliphatic heterocycles. The van der Waals surface area contributed by atoms with Crippen molar-refractivity contribution < 1.29 is 80.2 Å². The maximum atomic E-state index is 13.0. The Kier molecular flexibility index (Phi) is 57.6. The lowest BCUT2D eigenvalue weighted by molar-refractivity contribution is -0.161. The first-order valence-corrected chi connectivity index (χ1v) is 38.8. The fourth-order valence-corrected chi connectivity index (χ4v) is 11.8. The van der Waals surface area contributed by atoms with Crippen molar-refractivity contribution in [3.63, 3.8) is 0 Å². The predicted molar refractivity (Wildman–Crippen MR) is 354 cm³/mol. The molecule has 0 aromatic rings. The Morgan fingerprint density at radius 2 is 0.545 bits per heavy atom. The van der Waals surface area contributed by atoms with Crippen LogP contribution in [-0.4, -0.2) is 96.7 Å². The van der Waals surface area contributed by atoms with Gasteiger partial charge in [0, 0.05) is 25.7 Å². The van der Waals surface area contributed by atoms with Crippen LogP contribution in [0.1, 0.15) is 338 Å². The topological polar surface area (TPSA) is 237 Å². The van der Waals surface area contributed by atoms with Gasteiger partial charge < -0.3 is 33.8 Å². The number of carbonyl (C=O) groups excluding carboxylic acids is 4. The van der Waals surface area contributed by atoms with Crippen LogP contribution in [0.15, 0.2) is 0 Å². The summed E-state index contributed by atoms with van der Waals surface area (Å²) in [6, 6.07) is 0. The SMILES string of the molecule is CCC(C)CCCCCCCCCCC(=O)OC[C@H](COP(=O)(O)OC[C@@H](O)COP(=O)(O)OC[C@@H](COC(=O)CCCCCCCCCCC(C)CC)OC(=O)CCCCCCCCCCC(C)CC)OC(=O)CCCCCCCCCCCC(C)C. The molecule has 88 heavy (non-hydrogen) atoms. The Bertz CT molecular complexity index is 1750. The summed E-state index contributed by atoms with van der Waals surface area (Å²) >= 11 is 0. The number of rotatable bonds is 66. The summed E-state index contributed by atoms with van der Waals surface area (Å²) < 4.78 is 68.3. The van der Waals surface area contributed by atoms with Crippen LogP contribution in [0.4, 0.5) is 0 Å². The van der Waals surface area contributed by atoms with Gasteiger partial charge in [0.1, 0.15) is 19.3 Å². The number of phosphoric acid groups is 2. The van der Waals surface area contributed by atoms with E-state index in [1.54, 1.807) is 0 Å². The fraction of sp³-hybridized carbons (Fsp3) is 0.942. The molecule has 0 fully saturated rings. The van der Waals surface area contributed by atoms with Crippen LogP contribution >= 0.6 is 15.6 Å². The van der Waals surface area contributed by atoms with E-state index in [0.29, 0.717) is 25.7 Å². The van der Waals surface area contributed by atoms with Crippen LogP contribution in [-0.2, 0) is 65.4 Å². The third-order valence-electron chi connectivity index (χ3n) is 16.9. The van der Waals surface area contributed by atoms with Gasteiger partial charge in [0.25, 0.3) is 0 Å². The smallest absolute Gasteiger partial charge is 0.462 e. The van der Waals surface area contributed by atoms with Crippen molar-refractivity contribution >= 4 is 39.5 Å². The van der Waals surface area contributed by atoms with Crippen molar-refractivity contribution in [3.8, 4) is 0 Å². The zero-order valence-corrected chi connectivity index (χ0v) is 59.1. The first-order chi connectivity index (χ1) is 42.2. The van der Waals surface area contributed by atoms with Gasteiger partial charge in [0.15, 0.2) is 12.2 Å². The van der Waals surface area contributed by atoms with E-state index in [1.165, 1.54) is 141 Å². The van der Waals surface area contributed by atoms with Gasteiger partial charge in [-0.25, -0.2) is 9.13 Å². The molecular formula is C69H134O17P2. The van der Waals surface area contributed by atoms with Crippen molar-refractivity contribution in [3.05, 3.63) is 0 Å². The molecule has 0 amide bonds. The minimum absolute atomic E-state index is 0.104. The number of phosphoric ester groups is 2. The highest BCUT2D eigenvalue weighted by atomic mass is 31.2. The monoisotopic (exact) mass is 1300 g/mol. The van der Waals surface area contributed by atoms with Gasteiger partial charge in [-0.1, -0.05) is 287 Å². The Morgan fingerprint density at radius 3 is 0.807 bits per heavy atom. The van der Waals surface area contributed by atoms with Gasteiger partial charge in [-0.3, -0.25) is 37.3 Å². The molecule has 5 unspecified atom stereocenters. The summed E-state index contributed by atoms with van der Waals surface area (Å²) in [7, 11) is -9.90. The third-order valence-corrected chi connectivity index (χ3v) is 18.8. The highest BCUT2D eigenvalue weighted by Gasteiger charge is 2.30. The second kappa shape index (κ2) is 58.8. The van der Waals surface area contributed by atoms with Gasteiger partial charge in [0.2, 0.25) is 0 Å². The first-order valence-electron chi connectivity index (χ1n) is 35.8. The molecule has 0 aliphatic rings. The molecule has 0 rings (SSSR count). The second-order valence-corrected chi connectivity index (χ2v) is 29.0. The van der Waals surface area contributed by atoms with Crippen LogP contribution in [0.25, 0.3) is 0 Å². The lowest BCUT2D eigenvalue weighted by Crippen LogP contribution is -2.30. The van der Waals surface area contributed by atoms with Crippen molar-refractivity contribution in [2.75, 3.05) is 39.6 Å². The summed E-state index contributed by atoms with van der Waals surface area (Å²) in [5.41, 5.74) is 0. The van der Waals surface area contributed by atoms with Gasteiger partial charge in [-0.2, -0.15) is 0 Å². The first kappa shape index (κ1) is 86.1. The van der Waals surface area contributed by atoms with E-state index in [2.05, 4.69) is 55.4 Å². The predicted octanol–water partition coefficient (Wildman–Crippen LogP) is 19.3. The minimum atomic E-state index is -4.95. The van der Waals surface area contributed by atoms with Crippen LogP contribution in [0, 0.1) is 23.7 Å². The highest BCUT2D eigenvalue weighted by molar-refractivity contribution is 7.47. The van der Waals surface area contributed by atoms with Gasteiger partial charge >= 0.3 is 39.5 Å². The Labute approximate surface area is 537 Å². The minimum Gasteiger partial charge on any atom is -0.462 e. The summed E-state index contributed by atoms with van der Waals surface area (Å²) in [6.07, 6.45) is 40.1. The summed E-state index contributed by atoms with van der Waals surface area (Å²) in [5, 5.41) is 10.6. The standard InChI is InChI=1S/C69H134O17P2/c1-9-60(6)46-38-30-22-15-18-25-33-41-49-66(71)79-55-64(85-68(73)51-43-35-27-14-12-13-21-29-37-45-59(4)5)57-83-87(75,76)81-53-63(70)54-82-88(77,78)84-58-65(86-69(74)52-44-36-28-20-17-24-32-40-48-62(8)11-3)56-80-67(72)50-42-34-26-19-16-23-31-39-47-61(7)10-2/h59-65,70H,9-58H2,1-8H3,(H,75,76)(H,77,78)/t60?,61?,62?,63-,64-,65-/m1/s1. The second-order valence-electron chi connectivity index (χ2n) is 26.1. The molecule has 17 nitrogen and oxygen atoms in total. The Balaban J connectivity index is 5.28. The molecule has 8 atom stereocenters. The van der Waals surface area contributed by atoms with Crippen molar-refractivity contribution in [1.82, 2.24) is 0 Å². The fourth-order valence-electron chi connectivity index (χ4n) is 10.2. The molecule has 0 aromatic carbocycles. The van der Waals surface area contributed by atoms with E-state index in [0.717, 1.165) is 114 Å². The van der Waals surface area contributed by atoms with E-state index in [-0.39, 0.29) is 25.7 Å². The number of hydrogen-bond donors (Lipinski definition) is 3. The maximum Gasteiger partial charge on any atom is 0.472 e. The van der Waals surface area contributed by atoms with E-state index in [9.17, 15) is 43.2 Å². The maximum absolute atomic E-state index is 13.0. The van der Waals surface area contributed by atoms with Crippen molar-refractivity contribution in [2.24, 2.45) is 23.7 Å². The number of ether oxygens (including phenoxy) is 4. The molecule has 0 heterocycles. The molecule has 0 radical (unpaired) electrons. The van der Waals surface area contributed by atoms with E-state index < -0.39 is 97.5 Å². The van der Waals surface area contributed by atoms with Crippen LogP contribution in [0.5, 0.6) is 0 Å². The molecular weight excluding hydrogens is 1160 g/mol. The molecule has 3 N–H and O–H groups in total. The van der Waals surface area contributed by atoms with Crippen molar-refractivity contribution in [1.29, 1.82) is 0 Å². The lowest BCUT2D eigenvalue weighted by Gasteiger charge is -2.21. The summed E-state index contributed by atoms with van der Waals surface area (Å²) in [6.45, 7) is 14.1. The number of esters is 4. The third kappa shape index (κ3) is 59.1. The van der Waals surface area contributed by atoms with Crippen molar-refractivity contribution in [2.45, 2.75) is 356 Å². The quantitative estimate of drug-likeness (QED) is 0.0222. The zero-order chi connectivity index (χ0) is 65.4. The number of hydrogen-bond acceptors (Lipinski definition) is 15. The molecule has 0 aliphatic carbocycles. The van der Waals surface area contributed by atoms with Gasteiger partial charge in [-0.05, 0) is 49.4 Å². The highest BCUT2D eigenvalue weighted by Crippen LogP contribution is 2.45. The summed E-state index contributed by atoms with van der Waals surface area (Å²) in [4.78, 5) is 72.5. The van der Waals surface area contributed by atoms with E-state index in [4.69, 9.17) is 37.0 Å². The van der Waals surface area contributed by atoms with E-state index in [1.807, 2.05) is 0 Å². The van der Waals surface area contributed by atoms with E-state index >= 15 is 0 Å². The Hall–Kier alpha value is -1.94. The van der Waals surface area contributed by atoms with Crippen LogP contribution < -0.4 is 0 Å². The number of carbonyl (C=O) groups is 4. The molecule has 0 aromatic heterocycles. The van der Waals surface area contributed by atoms with Crippen LogP contribution in [0.3, 0.4) is 0 Å². The number of aliphatic hydroxyl groups excluding tert-OH is 1. The molecule has 0 saturated carbocycles. The Morgan fingerprint density at radius 1 is 0.318 bits per heavy atom. The number of aliphatic hydroxyl groups is 1. The largest absolute Gasteiger partial charge is 0.472 e. The average Bonchev–Trinajstić information content (AvgIpc) is 3.52.